The molecule has 0 aliphatic rings. The Balaban J connectivity index is 2.68. The van der Waals surface area contributed by atoms with Crippen LogP contribution in [0.3, 0.4) is 0 Å². The summed E-state index contributed by atoms with van der Waals surface area (Å²) in [6.45, 7) is 6.39. The second-order valence-electron chi connectivity index (χ2n) is 4.57. The van der Waals surface area contributed by atoms with Gasteiger partial charge in [-0.2, -0.15) is 5.10 Å². The van der Waals surface area contributed by atoms with Gasteiger partial charge in [0.1, 0.15) is 6.04 Å². The molecule has 0 bridgehead atoms. The van der Waals surface area contributed by atoms with Crippen molar-refractivity contribution in [3.8, 4) is 0 Å². The lowest BCUT2D eigenvalue weighted by atomic mass is 10.0. The fourth-order valence-electron chi connectivity index (χ4n) is 1.86. The Hall–Kier alpha value is -1.36. The van der Waals surface area contributed by atoms with Crippen LogP contribution in [0.5, 0.6) is 0 Å². The molecule has 1 heterocycles. The largest absolute Gasteiger partial charge is 0.480 e. The first-order valence-electron chi connectivity index (χ1n) is 5.93. The minimum atomic E-state index is -0.804. The molecule has 2 N–H and O–H groups in total. The summed E-state index contributed by atoms with van der Waals surface area (Å²) < 4.78 is 1.76. The number of hydrogen-bond donors (Lipinski definition) is 2. The molecule has 96 valence electrons. The summed E-state index contributed by atoms with van der Waals surface area (Å²) in [5.74, 6) is -0.740. The molecule has 0 saturated heterocycles. The van der Waals surface area contributed by atoms with Gasteiger partial charge in [-0.25, -0.2) is 0 Å². The average Bonchev–Trinajstić information content (AvgIpc) is 2.58. The van der Waals surface area contributed by atoms with Crippen LogP contribution < -0.4 is 5.32 Å². The number of rotatable bonds is 6. The minimum absolute atomic E-state index is 0.0641. The molecule has 0 amide bonds. The number of carboxylic acid groups (broad SMARTS) is 1. The summed E-state index contributed by atoms with van der Waals surface area (Å²) in [6.07, 6.45) is 2.79. The summed E-state index contributed by atoms with van der Waals surface area (Å²) in [5, 5.41) is 16.5. The highest BCUT2D eigenvalue weighted by atomic mass is 16.4. The fourth-order valence-corrected chi connectivity index (χ4v) is 1.86. The maximum Gasteiger partial charge on any atom is 0.320 e. The molecular formula is C12H21N3O2. The Labute approximate surface area is 102 Å². The smallest absolute Gasteiger partial charge is 0.320 e. The summed E-state index contributed by atoms with van der Waals surface area (Å²) in [7, 11) is 1.87. The van der Waals surface area contributed by atoms with Crippen LogP contribution in [0.1, 0.15) is 32.0 Å². The van der Waals surface area contributed by atoms with Gasteiger partial charge in [0.25, 0.3) is 0 Å². The topological polar surface area (TPSA) is 67.2 Å². The number of nitrogens with one attached hydrogen (secondary N) is 1. The van der Waals surface area contributed by atoms with E-state index in [9.17, 15) is 4.79 Å². The van der Waals surface area contributed by atoms with Crippen molar-refractivity contribution in [2.45, 2.75) is 39.8 Å². The maximum atomic E-state index is 11.0. The van der Waals surface area contributed by atoms with Crippen molar-refractivity contribution in [3.05, 3.63) is 17.5 Å². The van der Waals surface area contributed by atoms with Crippen LogP contribution in [0.15, 0.2) is 6.20 Å². The van der Waals surface area contributed by atoms with Crippen LogP contribution in [-0.4, -0.2) is 26.9 Å². The van der Waals surface area contributed by atoms with Crippen molar-refractivity contribution >= 4 is 5.97 Å². The van der Waals surface area contributed by atoms with Crippen LogP contribution in [0.25, 0.3) is 0 Å². The first kappa shape index (κ1) is 13.7. The lowest BCUT2D eigenvalue weighted by Crippen LogP contribution is -2.40. The molecule has 0 radical (unpaired) electrons. The molecule has 1 unspecified atom stereocenters. The molecule has 17 heavy (non-hydrogen) atoms. The highest BCUT2D eigenvalue weighted by molar-refractivity contribution is 5.73. The van der Waals surface area contributed by atoms with Crippen LogP contribution in [0.4, 0.5) is 0 Å². The van der Waals surface area contributed by atoms with Gasteiger partial charge in [0.05, 0.1) is 5.69 Å². The number of aromatic nitrogens is 2. The zero-order valence-electron chi connectivity index (χ0n) is 10.9. The Kier molecular flexibility index (Phi) is 4.69. The van der Waals surface area contributed by atoms with Crippen molar-refractivity contribution in [2.24, 2.45) is 13.0 Å². The van der Waals surface area contributed by atoms with Crippen molar-refractivity contribution in [2.75, 3.05) is 0 Å². The minimum Gasteiger partial charge on any atom is -0.480 e. The predicted molar refractivity (Wildman–Crippen MR) is 65.7 cm³/mol. The third-order valence-electron chi connectivity index (χ3n) is 2.77. The molecule has 0 aliphatic heterocycles. The van der Waals surface area contributed by atoms with E-state index in [1.54, 1.807) is 4.68 Å². The number of hydrogen-bond acceptors (Lipinski definition) is 3. The van der Waals surface area contributed by atoms with E-state index in [4.69, 9.17) is 5.11 Å². The van der Waals surface area contributed by atoms with Gasteiger partial charge in [0.2, 0.25) is 0 Å². The highest BCUT2D eigenvalue weighted by Gasteiger charge is 2.21. The van der Waals surface area contributed by atoms with Gasteiger partial charge in [0, 0.05) is 25.4 Å². The number of aryl methyl sites for hydroxylation is 2. The molecule has 0 spiro atoms. The van der Waals surface area contributed by atoms with Crippen LogP contribution in [-0.2, 0) is 24.8 Å². The molecule has 1 aromatic rings. The first-order chi connectivity index (χ1) is 7.95. The fraction of sp³-hybridized carbons (Fsp3) is 0.667. The Morgan fingerprint density at radius 3 is 2.71 bits per heavy atom. The number of carboxylic acids is 1. The average molecular weight is 239 g/mol. The van der Waals surface area contributed by atoms with E-state index in [1.165, 1.54) is 0 Å². The van der Waals surface area contributed by atoms with Crippen molar-refractivity contribution in [3.63, 3.8) is 0 Å². The molecule has 5 heteroatoms. The van der Waals surface area contributed by atoms with E-state index in [0.29, 0.717) is 6.54 Å². The predicted octanol–water partition coefficient (Wildman–Crippen LogP) is 1.18. The molecule has 0 saturated carbocycles. The molecule has 1 rings (SSSR count). The summed E-state index contributed by atoms with van der Waals surface area (Å²) in [5.41, 5.74) is 2.09. The number of carbonyl (C=O) groups is 1. The summed E-state index contributed by atoms with van der Waals surface area (Å²) in [4.78, 5) is 11.0. The summed E-state index contributed by atoms with van der Waals surface area (Å²) >= 11 is 0. The zero-order valence-corrected chi connectivity index (χ0v) is 10.9. The Bertz CT molecular complexity index is 385. The molecule has 1 atom stereocenters. The quantitative estimate of drug-likeness (QED) is 0.782. The van der Waals surface area contributed by atoms with Gasteiger partial charge in [-0.3, -0.25) is 14.8 Å². The Morgan fingerprint density at radius 1 is 1.59 bits per heavy atom. The Morgan fingerprint density at radius 2 is 2.24 bits per heavy atom. The third-order valence-corrected chi connectivity index (χ3v) is 2.77. The van der Waals surface area contributed by atoms with E-state index in [1.807, 2.05) is 34.0 Å². The van der Waals surface area contributed by atoms with Crippen molar-refractivity contribution < 1.29 is 9.90 Å². The SMILES string of the molecule is CCc1nn(C)cc1CNC(C(=O)O)C(C)C. The van der Waals surface area contributed by atoms with E-state index < -0.39 is 12.0 Å². The molecule has 5 nitrogen and oxygen atoms in total. The van der Waals surface area contributed by atoms with Crippen LogP contribution in [0, 0.1) is 5.92 Å². The highest BCUT2D eigenvalue weighted by Crippen LogP contribution is 2.09. The van der Waals surface area contributed by atoms with E-state index in [-0.39, 0.29) is 5.92 Å². The van der Waals surface area contributed by atoms with Gasteiger partial charge >= 0.3 is 5.97 Å². The van der Waals surface area contributed by atoms with Gasteiger partial charge in [0.15, 0.2) is 0 Å². The summed E-state index contributed by atoms with van der Waals surface area (Å²) in [6, 6.07) is -0.514. The van der Waals surface area contributed by atoms with E-state index >= 15 is 0 Å². The first-order valence-corrected chi connectivity index (χ1v) is 5.93. The van der Waals surface area contributed by atoms with Gasteiger partial charge in [-0.1, -0.05) is 20.8 Å². The monoisotopic (exact) mass is 239 g/mol. The standard InChI is InChI=1S/C12H21N3O2/c1-5-10-9(7-15(4)14-10)6-13-11(8(2)3)12(16)17/h7-8,11,13H,5-6H2,1-4H3,(H,16,17). The van der Waals surface area contributed by atoms with Gasteiger partial charge < -0.3 is 5.11 Å². The molecule has 1 aromatic heterocycles. The van der Waals surface area contributed by atoms with E-state index in [0.717, 1.165) is 17.7 Å². The maximum absolute atomic E-state index is 11.0. The van der Waals surface area contributed by atoms with Crippen LogP contribution >= 0.6 is 0 Å². The second-order valence-corrected chi connectivity index (χ2v) is 4.57. The van der Waals surface area contributed by atoms with Gasteiger partial charge in [-0.05, 0) is 12.3 Å². The molecule has 0 fully saturated rings. The third kappa shape index (κ3) is 3.56. The molecule has 0 aliphatic carbocycles. The number of nitrogens with zero attached hydrogens (tertiary/aromatic N) is 2. The van der Waals surface area contributed by atoms with E-state index in [2.05, 4.69) is 10.4 Å². The molecule has 0 aromatic carbocycles. The van der Waals surface area contributed by atoms with Crippen molar-refractivity contribution in [1.82, 2.24) is 15.1 Å². The number of aliphatic carboxylic acids is 1. The van der Waals surface area contributed by atoms with Gasteiger partial charge in [-0.15, -0.1) is 0 Å². The van der Waals surface area contributed by atoms with Crippen molar-refractivity contribution in [1.29, 1.82) is 0 Å². The second kappa shape index (κ2) is 5.82. The zero-order chi connectivity index (χ0) is 13.0. The van der Waals surface area contributed by atoms with Crippen LogP contribution in [0.2, 0.25) is 0 Å². The molecular weight excluding hydrogens is 218 g/mol. The lowest BCUT2D eigenvalue weighted by molar-refractivity contribution is -0.140. The lowest BCUT2D eigenvalue weighted by Gasteiger charge is -2.17. The normalized spacial score (nSPS) is 13.0.